The second-order valence-corrected chi connectivity index (χ2v) is 9.00. The van der Waals surface area contributed by atoms with Gasteiger partial charge in [-0.1, -0.05) is 0 Å². The first-order valence-electron chi connectivity index (χ1n) is 10.2. The van der Waals surface area contributed by atoms with E-state index in [2.05, 4.69) is 14.9 Å². The number of carbonyl (C=O) groups excluding carboxylic acids is 1. The van der Waals surface area contributed by atoms with Crippen molar-refractivity contribution in [1.29, 1.82) is 0 Å². The molecule has 4 N–H and O–H groups in total. The van der Waals surface area contributed by atoms with Gasteiger partial charge in [0.1, 0.15) is 5.75 Å². The van der Waals surface area contributed by atoms with Crippen molar-refractivity contribution < 1.29 is 9.53 Å². The predicted octanol–water partition coefficient (Wildman–Crippen LogP) is 3.41. The lowest BCUT2D eigenvalue weighted by Gasteiger charge is -2.33. The Balaban J connectivity index is 1.66. The third kappa shape index (κ3) is 4.11. The van der Waals surface area contributed by atoms with Crippen molar-refractivity contribution in [3.63, 3.8) is 0 Å². The summed E-state index contributed by atoms with van der Waals surface area (Å²) in [6, 6.07) is 3.92. The van der Waals surface area contributed by atoms with E-state index in [4.69, 9.17) is 16.2 Å². The Bertz CT molecular complexity index is 1060. The first-order chi connectivity index (χ1) is 14.4. The molecular formula is C22H27N5O2S. The van der Waals surface area contributed by atoms with Crippen LogP contribution in [0.2, 0.25) is 0 Å². The molecule has 0 saturated carbocycles. The van der Waals surface area contributed by atoms with E-state index in [9.17, 15) is 4.79 Å². The van der Waals surface area contributed by atoms with Crippen LogP contribution in [0.4, 0.5) is 10.7 Å². The van der Waals surface area contributed by atoms with Gasteiger partial charge in [-0.05, 0) is 38.8 Å². The van der Waals surface area contributed by atoms with Crippen LogP contribution >= 0.6 is 11.3 Å². The number of hydrogen-bond donors (Lipinski definition) is 2. The first kappa shape index (κ1) is 20.6. The maximum absolute atomic E-state index is 13.3. The van der Waals surface area contributed by atoms with Crippen LogP contribution in [0.1, 0.15) is 42.6 Å². The molecule has 158 valence electrons. The molecule has 1 fully saturated rings. The fraction of sp³-hybridized carbons (Fsp3) is 0.409. The Kier molecular flexibility index (Phi) is 5.87. The summed E-state index contributed by atoms with van der Waals surface area (Å²) in [4.78, 5) is 24.3. The second-order valence-electron chi connectivity index (χ2n) is 7.95. The quantitative estimate of drug-likeness (QED) is 0.583. The number of aromatic nitrogens is 2. The molecule has 8 heteroatoms. The van der Waals surface area contributed by atoms with Gasteiger partial charge in [0, 0.05) is 55.4 Å². The van der Waals surface area contributed by atoms with Crippen LogP contribution in [0.3, 0.4) is 0 Å². The van der Waals surface area contributed by atoms with Gasteiger partial charge in [0.05, 0.1) is 26.9 Å². The Morgan fingerprint density at radius 2 is 2.20 bits per heavy atom. The molecule has 4 rings (SSSR count). The van der Waals surface area contributed by atoms with E-state index in [0.717, 1.165) is 41.9 Å². The SMILES string of the molecule is CC(C)Oc1ccnc2c(C(=O)Cc3cnccc3N3CCC[C@H](N)C3)c(N)sc12. The number of rotatable bonds is 6. The summed E-state index contributed by atoms with van der Waals surface area (Å²) in [7, 11) is 0. The minimum absolute atomic E-state index is 0.0203. The molecule has 0 spiro atoms. The Hall–Kier alpha value is -2.71. The van der Waals surface area contributed by atoms with Gasteiger partial charge in [-0.3, -0.25) is 14.8 Å². The summed E-state index contributed by atoms with van der Waals surface area (Å²) in [5.41, 5.74) is 15.4. The number of Topliss-reactive ketones (excluding diaryl/α,β-unsaturated/α-hetero) is 1. The number of fused-ring (bicyclic) bond motifs is 1. The number of nitrogens with two attached hydrogens (primary N) is 2. The Morgan fingerprint density at radius 3 is 2.97 bits per heavy atom. The molecule has 0 bridgehead atoms. The molecule has 30 heavy (non-hydrogen) atoms. The number of hydrogen-bond acceptors (Lipinski definition) is 8. The number of anilines is 2. The van der Waals surface area contributed by atoms with Crippen molar-refractivity contribution in [2.45, 2.75) is 45.3 Å². The van der Waals surface area contributed by atoms with Gasteiger partial charge in [-0.15, -0.1) is 11.3 Å². The molecule has 1 atom stereocenters. The van der Waals surface area contributed by atoms with Crippen molar-refractivity contribution in [2.75, 3.05) is 23.7 Å². The molecule has 3 aromatic heterocycles. The monoisotopic (exact) mass is 425 g/mol. The van der Waals surface area contributed by atoms with Crippen molar-refractivity contribution in [2.24, 2.45) is 5.73 Å². The molecule has 1 aliphatic rings. The number of piperidine rings is 1. The molecule has 1 aliphatic heterocycles. The summed E-state index contributed by atoms with van der Waals surface area (Å²) >= 11 is 1.35. The van der Waals surface area contributed by atoms with Crippen molar-refractivity contribution in [3.8, 4) is 5.75 Å². The normalized spacial score (nSPS) is 16.9. The molecule has 0 unspecified atom stereocenters. The van der Waals surface area contributed by atoms with Crippen molar-refractivity contribution >= 4 is 38.0 Å². The van der Waals surface area contributed by atoms with E-state index >= 15 is 0 Å². The van der Waals surface area contributed by atoms with Gasteiger partial charge >= 0.3 is 0 Å². The maximum atomic E-state index is 13.3. The molecule has 0 amide bonds. The van der Waals surface area contributed by atoms with Crippen LogP contribution in [0.5, 0.6) is 5.75 Å². The molecular weight excluding hydrogens is 398 g/mol. The molecule has 3 aromatic rings. The molecule has 0 aromatic carbocycles. The zero-order valence-electron chi connectivity index (χ0n) is 17.3. The van der Waals surface area contributed by atoms with Gasteiger partial charge in [0.15, 0.2) is 5.78 Å². The highest BCUT2D eigenvalue weighted by molar-refractivity contribution is 7.23. The van der Waals surface area contributed by atoms with Crippen LogP contribution in [0.25, 0.3) is 10.2 Å². The average molecular weight is 426 g/mol. The van der Waals surface area contributed by atoms with E-state index in [1.165, 1.54) is 11.3 Å². The maximum Gasteiger partial charge on any atom is 0.172 e. The summed E-state index contributed by atoms with van der Waals surface area (Å²) in [6.07, 6.45) is 7.48. The Morgan fingerprint density at radius 1 is 1.37 bits per heavy atom. The van der Waals surface area contributed by atoms with Crippen LogP contribution in [0, 0.1) is 0 Å². The fourth-order valence-electron chi connectivity index (χ4n) is 3.96. The largest absolute Gasteiger partial charge is 0.489 e. The topological polar surface area (TPSA) is 107 Å². The second kappa shape index (κ2) is 8.57. The number of ether oxygens (including phenoxy) is 1. The smallest absolute Gasteiger partial charge is 0.172 e. The highest BCUT2D eigenvalue weighted by atomic mass is 32.1. The molecule has 0 radical (unpaired) electrons. The van der Waals surface area contributed by atoms with Crippen LogP contribution in [-0.4, -0.2) is 41.0 Å². The minimum atomic E-state index is -0.0662. The molecule has 4 heterocycles. The third-order valence-corrected chi connectivity index (χ3v) is 6.26. The third-order valence-electron chi connectivity index (χ3n) is 5.23. The highest BCUT2D eigenvalue weighted by Gasteiger charge is 2.24. The number of nitrogens with zero attached hydrogens (tertiary/aromatic N) is 3. The van der Waals surface area contributed by atoms with Crippen LogP contribution in [0.15, 0.2) is 30.7 Å². The molecule has 0 aliphatic carbocycles. The average Bonchev–Trinajstić information content (AvgIpc) is 3.05. The van der Waals surface area contributed by atoms with Crippen LogP contribution < -0.4 is 21.1 Å². The zero-order chi connectivity index (χ0) is 21.3. The van der Waals surface area contributed by atoms with Gasteiger partial charge in [-0.25, -0.2) is 0 Å². The van der Waals surface area contributed by atoms with Crippen molar-refractivity contribution in [1.82, 2.24) is 9.97 Å². The van der Waals surface area contributed by atoms with E-state index < -0.39 is 0 Å². The number of ketones is 1. The standard InChI is InChI=1S/C22H27N5O2S/c1-13(2)29-18-6-8-26-20-19(22(24)30-21(18)20)17(28)10-14-11-25-7-5-16(14)27-9-3-4-15(23)12-27/h5-8,11,13,15H,3-4,9-10,12,23-24H2,1-2H3/t15-/m0/s1. The number of thiophene rings is 1. The van der Waals surface area contributed by atoms with Crippen LogP contribution in [-0.2, 0) is 6.42 Å². The van der Waals surface area contributed by atoms with Crippen molar-refractivity contribution in [3.05, 3.63) is 41.9 Å². The predicted molar refractivity (Wildman–Crippen MR) is 121 cm³/mol. The lowest BCUT2D eigenvalue weighted by atomic mass is 10.0. The molecule has 1 saturated heterocycles. The highest BCUT2D eigenvalue weighted by Crippen LogP contribution is 2.39. The van der Waals surface area contributed by atoms with Gasteiger partial charge < -0.3 is 21.1 Å². The van der Waals surface area contributed by atoms with E-state index in [1.54, 1.807) is 18.6 Å². The number of carbonyl (C=O) groups is 1. The van der Waals surface area contributed by atoms with Gasteiger partial charge in [0.2, 0.25) is 0 Å². The zero-order valence-corrected chi connectivity index (χ0v) is 18.1. The fourth-order valence-corrected chi connectivity index (χ4v) is 4.96. The number of nitrogen functional groups attached to an aromatic ring is 1. The summed E-state index contributed by atoms with van der Waals surface area (Å²) in [6.45, 7) is 5.64. The van der Waals surface area contributed by atoms with E-state index in [1.807, 2.05) is 26.0 Å². The van der Waals surface area contributed by atoms with E-state index in [-0.39, 0.29) is 24.3 Å². The minimum Gasteiger partial charge on any atom is -0.489 e. The first-order valence-corrected chi connectivity index (χ1v) is 11.1. The number of pyridine rings is 2. The van der Waals surface area contributed by atoms with E-state index in [0.29, 0.717) is 21.8 Å². The lowest BCUT2D eigenvalue weighted by molar-refractivity contribution is 0.0995. The summed E-state index contributed by atoms with van der Waals surface area (Å²) in [5, 5.41) is 0.466. The van der Waals surface area contributed by atoms with Gasteiger partial charge in [0.25, 0.3) is 0 Å². The summed E-state index contributed by atoms with van der Waals surface area (Å²) in [5.74, 6) is 0.638. The Labute approximate surface area is 180 Å². The van der Waals surface area contributed by atoms with Gasteiger partial charge in [-0.2, -0.15) is 0 Å². The lowest BCUT2D eigenvalue weighted by Crippen LogP contribution is -2.43. The molecule has 7 nitrogen and oxygen atoms in total. The summed E-state index contributed by atoms with van der Waals surface area (Å²) < 4.78 is 6.68.